The van der Waals surface area contributed by atoms with E-state index in [1.807, 2.05) is 12.1 Å². The first-order chi connectivity index (χ1) is 9.69. The minimum atomic E-state index is -0.0421. The lowest BCUT2D eigenvalue weighted by atomic mass is 10.1. The van der Waals surface area contributed by atoms with Gasteiger partial charge in [0.05, 0.1) is 11.0 Å². The summed E-state index contributed by atoms with van der Waals surface area (Å²) in [6, 6.07) is 14.5. The normalized spacial score (nSPS) is 11.2. The molecule has 0 saturated heterocycles. The number of imidazole rings is 1. The molecule has 102 valence electrons. The number of rotatable bonds is 3. The second kappa shape index (κ2) is 5.10. The molecule has 3 aromatic rings. The Morgan fingerprint density at radius 2 is 1.90 bits per heavy atom. The molecule has 0 saturated carbocycles. The summed E-state index contributed by atoms with van der Waals surface area (Å²) in [6.45, 7) is 4.86. The Morgan fingerprint density at radius 3 is 2.65 bits per heavy atom. The molecule has 0 amide bonds. The monoisotopic (exact) mass is 266 g/mol. The van der Waals surface area contributed by atoms with Crippen LogP contribution in [-0.2, 0) is 13.2 Å². The van der Waals surface area contributed by atoms with Crippen molar-refractivity contribution in [1.82, 2.24) is 9.55 Å². The van der Waals surface area contributed by atoms with Gasteiger partial charge in [0.1, 0.15) is 12.4 Å². The van der Waals surface area contributed by atoms with Crippen LogP contribution in [0.3, 0.4) is 0 Å². The fourth-order valence-electron chi connectivity index (χ4n) is 2.54. The van der Waals surface area contributed by atoms with Crippen LogP contribution in [0, 0.1) is 13.8 Å². The number of fused-ring (bicyclic) bond motifs is 1. The highest BCUT2D eigenvalue weighted by Crippen LogP contribution is 2.20. The van der Waals surface area contributed by atoms with Crippen LogP contribution in [0.1, 0.15) is 22.5 Å². The first kappa shape index (κ1) is 12.9. The van der Waals surface area contributed by atoms with Gasteiger partial charge in [0.25, 0.3) is 0 Å². The average molecular weight is 266 g/mol. The number of benzene rings is 2. The molecule has 3 nitrogen and oxygen atoms in total. The van der Waals surface area contributed by atoms with Crippen molar-refractivity contribution >= 4 is 11.0 Å². The van der Waals surface area contributed by atoms with Crippen molar-refractivity contribution in [3.63, 3.8) is 0 Å². The van der Waals surface area contributed by atoms with E-state index in [4.69, 9.17) is 0 Å². The van der Waals surface area contributed by atoms with Gasteiger partial charge in [-0.15, -0.1) is 0 Å². The van der Waals surface area contributed by atoms with E-state index in [0.29, 0.717) is 5.82 Å². The zero-order valence-electron chi connectivity index (χ0n) is 11.8. The van der Waals surface area contributed by atoms with E-state index in [1.165, 1.54) is 16.7 Å². The van der Waals surface area contributed by atoms with Gasteiger partial charge in [0, 0.05) is 6.54 Å². The van der Waals surface area contributed by atoms with Crippen molar-refractivity contribution in [1.29, 1.82) is 0 Å². The SMILES string of the molecule is Cc1ccc2c(c1)nc(CO)n2Cc1ccccc1C. The number of hydrogen-bond donors (Lipinski definition) is 1. The van der Waals surface area contributed by atoms with Crippen molar-refractivity contribution in [2.75, 3.05) is 0 Å². The van der Waals surface area contributed by atoms with Crippen LogP contribution >= 0.6 is 0 Å². The molecule has 0 atom stereocenters. The predicted octanol–water partition coefficient (Wildman–Crippen LogP) is 3.19. The third kappa shape index (κ3) is 2.21. The average Bonchev–Trinajstić information content (AvgIpc) is 2.78. The Labute approximate surface area is 118 Å². The van der Waals surface area contributed by atoms with Crippen LogP contribution in [0.15, 0.2) is 42.5 Å². The second-order valence-electron chi connectivity index (χ2n) is 5.19. The van der Waals surface area contributed by atoms with Gasteiger partial charge in [-0.05, 0) is 42.7 Å². The third-order valence-corrected chi connectivity index (χ3v) is 3.71. The van der Waals surface area contributed by atoms with E-state index >= 15 is 0 Å². The summed E-state index contributed by atoms with van der Waals surface area (Å²) in [6.07, 6.45) is 0. The zero-order valence-corrected chi connectivity index (χ0v) is 11.8. The topological polar surface area (TPSA) is 38.1 Å². The molecule has 0 aliphatic carbocycles. The zero-order chi connectivity index (χ0) is 14.1. The molecule has 1 N–H and O–H groups in total. The summed E-state index contributed by atoms with van der Waals surface area (Å²) in [4.78, 5) is 4.53. The van der Waals surface area contributed by atoms with Gasteiger partial charge < -0.3 is 9.67 Å². The van der Waals surface area contributed by atoms with Crippen LogP contribution in [0.5, 0.6) is 0 Å². The first-order valence-corrected chi connectivity index (χ1v) is 6.80. The van der Waals surface area contributed by atoms with Crippen molar-refractivity contribution in [3.8, 4) is 0 Å². The largest absolute Gasteiger partial charge is 0.388 e. The van der Waals surface area contributed by atoms with Crippen LogP contribution < -0.4 is 0 Å². The van der Waals surface area contributed by atoms with E-state index < -0.39 is 0 Å². The Kier molecular flexibility index (Phi) is 3.28. The Bertz CT molecular complexity index is 759. The molecule has 0 spiro atoms. The van der Waals surface area contributed by atoms with Crippen LogP contribution in [-0.4, -0.2) is 14.7 Å². The number of aryl methyl sites for hydroxylation is 2. The van der Waals surface area contributed by atoms with Crippen LogP contribution in [0.2, 0.25) is 0 Å². The van der Waals surface area contributed by atoms with Gasteiger partial charge in [-0.3, -0.25) is 0 Å². The molecular weight excluding hydrogens is 248 g/mol. The first-order valence-electron chi connectivity index (χ1n) is 6.80. The molecule has 3 heteroatoms. The van der Waals surface area contributed by atoms with Gasteiger partial charge in [-0.1, -0.05) is 30.3 Å². The fraction of sp³-hybridized carbons (Fsp3) is 0.235. The summed E-state index contributed by atoms with van der Waals surface area (Å²) in [5.74, 6) is 0.717. The predicted molar refractivity (Wildman–Crippen MR) is 80.7 cm³/mol. The second-order valence-corrected chi connectivity index (χ2v) is 5.19. The van der Waals surface area contributed by atoms with E-state index in [0.717, 1.165) is 17.6 Å². The van der Waals surface area contributed by atoms with Gasteiger partial charge in [-0.25, -0.2) is 4.98 Å². The quantitative estimate of drug-likeness (QED) is 0.790. The summed E-state index contributed by atoms with van der Waals surface area (Å²) in [5, 5.41) is 9.55. The molecule has 0 unspecified atom stereocenters. The fourth-order valence-corrected chi connectivity index (χ4v) is 2.54. The standard InChI is InChI=1S/C17H18N2O/c1-12-7-8-16-15(9-12)18-17(11-20)19(16)10-14-6-4-3-5-13(14)2/h3-9,20H,10-11H2,1-2H3. The van der Waals surface area contributed by atoms with Gasteiger partial charge in [0.15, 0.2) is 0 Å². The summed E-state index contributed by atoms with van der Waals surface area (Å²) < 4.78 is 2.09. The highest BCUT2D eigenvalue weighted by Gasteiger charge is 2.11. The van der Waals surface area contributed by atoms with E-state index in [-0.39, 0.29) is 6.61 Å². The molecular formula is C17H18N2O. The molecule has 0 bridgehead atoms. The van der Waals surface area contributed by atoms with Crippen molar-refractivity contribution in [3.05, 3.63) is 65.0 Å². The number of aliphatic hydroxyl groups is 1. The maximum absolute atomic E-state index is 9.55. The number of aliphatic hydroxyl groups excluding tert-OH is 1. The lowest BCUT2D eigenvalue weighted by molar-refractivity contribution is 0.267. The highest BCUT2D eigenvalue weighted by atomic mass is 16.3. The Hall–Kier alpha value is -2.13. The molecule has 1 heterocycles. The molecule has 1 aromatic heterocycles. The maximum atomic E-state index is 9.55. The molecule has 0 aliphatic rings. The maximum Gasteiger partial charge on any atom is 0.136 e. The van der Waals surface area contributed by atoms with E-state index in [9.17, 15) is 5.11 Å². The molecule has 20 heavy (non-hydrogen) atoms. The van der Waals surface area contributed by atoms with Crippen molar-refractivity contribution < 1.29 is 5.11 Å². The van der Waals surface area contributed by atoms with Crippen LogP contribution in [0.25, 0.3) is 11.0 Å². The molecule has 0 fully saturated rings. The number of nitrogens with zero attached hydrogens (tertiary/aromatic N) is 2. The van der Waals surface area contributed by atoms with Gasteiger partial charge >= 0.3 is 0 Å². The lowest BCUT2D eigenvalue weighted by Gasteiger charge is -2.10. The van der Waals surface area contributed by atoms with Crippen molar-refractivity contribution in [2.45, 2.75) is 27.0 Å². The van der Waals surface area contributed by atoms with Crippen LogP contribution in [0.4, 0.5) is 0 Å². The number of hydrogen-bond acceptors (Lipinski definition) is 2. The molecule has 3 rings (SSSR count). The Balaban J connectivity index is 2.12. The lowest BCUT2D eigenvalue weighted by Crippen LogP contribution is -2.06. The third-order valence-electron chi connectivity index (χ3n) is 3.71. The minimum absolute atomic E-state index is 0.0421. The van der Waals surface area contributed by atoms with E-state index in [1.54, 1.807) is 0 Å². The smallest absolute Gasteiger partial charge is 0.136 e. The molecule has 2 aromatic carbocycles. The summed E-state index contributed by atoms with van der Waals surface area (Å²) in [7, 11) is 0. The minimum Gasteiger partial charge on any atom is -0.388 e. The van der Waals surface area contributed by atoms with E-state index in [2.05, 4.69) is 53.7 Å². The number of aromatic nitrogens is 2. The molecule has 0 aliphatic heterocycles. The van der Waals surface area contributed by atoms with Gasteiger partial charge in [0.2, 0.25) is 0 Å². The highest BCUT2D eigenvalue weighted by molar-refractivity contribution is 5.77. The summed E-state index contributed by atoms with van der Waals surface area (Å²) in [5.41, 5.74) is 5.71. The summed E-state index contributed by atoms with van der Waals surface area (Å²) >= 11 is 0. The van der Waals surface area contributed by atoms with Crippen molar-refractivity contribution in [2.24, 2.45) is 0 Å². The van der Waals surface area contributed by atoms with Gasteiger partial charge in [-0.2, -0.15) is 0 Å². The molecule has 0 radical (unpaired) electrons. The Morgan fingerprint density at radius 1 is 1.10 bits per heavy atom.